The van der Waals surface area contributed by atoms with Crippen LogP contribution in [0.5, 0.6) is 5.75 Å². The molecule has 0 atom stereocenters. The van der Waals surface area contributed by atoms with E-state index in [9.17, 15) is 4.79 Å². The molecule has 1 aromatic rings. The fourth-order valence-electron chi connectivity index (χ4n) is 2.02. The summed E-state index contributed by atoms with van der Waals surface area (Å²) in [5.41, 5.74) is 1.86. The first-order valence-electron chi connectivity index (χ1n) is 7.60. The van der Waals surface area contributed by atoms with Crippen LogP contribution in [0, 0.1) is 7.11 Å². The molecule has 1 rings (SSSR count). The van der Waals surface area contributed by atoms with Gasteiger partial charge in [-0.25, -0.2) is 0 Å². The maximum atomic E-state index is 12.0. The Bertz CT molecular complexity index is 558. The Hall–Kier alpha value is -0.437. The van der Waals surface area contributed by atoms with Crippen molar-refractivity contribution in [3.8, 4) is 5.75 Å². The number of hydrogen-bond acceptors (Lipinski definition) is 1. The van der Waals surface area contributed by atoms with Crippen molar-refractivity contribution in [2.45, 2.75) is 46.1 Å². The zero-order valence-corrected chi connectivity index (χ0v) is 17.1. The molecule has 0 radical (unpaired) electrons. The summed E-state index contributed by atoms with van der Waals surface area (Å²) in [4.78, 5) is 12.0. The number of amides is 1. The molecule has 3 nitrogen and oxygen atoms in total. The van der Waals surface area contributed by atoms with E-state index < -0.39 is 13.5 Å². The van der Waals surface area contributed by atoms with Crippen LogP contribution in [0.3, 0.4) is 0 Å². The van der Waals surface area contributed by atoms with Crippen LogP contribution in [-0.4, -0.2) is 23.2 Å². The van der Waals surface area contributed by atoms with E-state index in [0.29, 0.717) is 6.42 Å². The number of halogens is 2. The Morgan fingerprint density at radius 3 is 2.70 bits per heavy atom. The van der Waals surface area contributed by atoms with Gasteiger partial charge in [0, 0.05) is 0 Å². The molecule has 132 valence electrons. The van der Waals surface area contributed by atoms with E-state index in [1.54, 1.807) is 0 Å². The predicted octanol–water partition coefficient (Wildman–Crippen LogP) is 4.69. The van der Waals surface area contributed by atoms with E-state index >= 15 is 0 Å². The zero-order valence-electron chi connectivity index (χ0n) is 13.8. The molecule has 23 heavy (non-hydrogen) atoms. The van der Waals surface area contributed by atoms with Crippen LogP contribution in [0.2, 0.25) is 0 Å². The Morgan fingerprint density at radius 1 is 1.43 bits per heavy atom. The van der Waals surface area contributed by atoms with Gasteiger partial charge in [0.2, 0.25) is 0 Å². The Balaban J connectivity index is 2.95. The van der Waals surface area contributed by atoms with Gasteiger partial charge in [-0.05, 0) is 0 Å². The normalized spacial score (nSPS) is 11.3. The predicted molar refractivity (Wildman–Crippen MR) is 96.0 cm³/mol. The summed E-state index contributed by atoms with van der Waals surface area (Å²) in [5, 5.41) is 2.93. The molecule has 0 bridgehead atoms. The van der Waals surface area contributed by atoms with E-state index in [1.165, 1.54) is 0 Å². The van der Waals surface area contributed by atoms with Gasteiger partial charge in [0.1, 0.15) is 0 Å². The van der Waals surface area contributed by atoms with E-state index in [4.69, 9.17) is 19.4 Å². The van der Waals surface area contributed by atoms with Crippen LogP contribution in [0.25, 0.3) is 0 Å². The molecule has 0 fully saturated rings. The van der Waals surface area contributed by atoms with Crippen molar-refractivity contribution in [1.82, 2.24) is 5.32 Å². The Labute approximate surface area is 152 Å². The molecular formula is C17H25Cl2NO2Ru. The van der Waals surface area contributed by atoms with Gasteiger partial charge in [-0.2, -0.15) is 0 Å². The summed E-state index contributed by atoms with van der Waals surface area (Å²) >= 11 is -1.97. The van der Waals surface area contributed by atoms with Gasteiger partial charge < -0.3 is 0 Å². The SMILES string of the molecule is [CH2-][O+](c1ccc(CC(=O)NCCCC)cc1[CH]=[Ru]([Cl])[Cl])C(C)C. The van der Waals surface area contributed by atoms with Crippen LogP contribution in [0.1, 0.15) is 44.7 Å². The van der Waals surface area contributed by atoms with Gasteiger partial charge in [0.15, 0.2) is 0 Å². The molecule has 0 aliphatic heterocycles. The number of unbranched alkanes of at least 4 members (excludes halogenated alkanes) is 1. The Kier molecular flexibility index (Phi) is 9.35. The summed E-state index contributed by atoms with van der Waals surface area (Å²) in [7, 11) is 16.1. The zero-order chi connectivity index (χ0) is 17.4. The van der Waals surface area contributed by atoms with Crippen molar-refractivity contribution in [3.05, 3.63) is 36.4 Å². The van der Waals surface area contributed by atoms with Crippen LogP contribution in [-0.2, 0) is 29.1 Å². The molecule has 0 saturated heterocycles. The average molecular weight is 447 g/mol. The molecule has 0 aromatic heterocycles. The van der Waals surface area contributed by atoms with Crippen molar-refractivity contribution < 1.29 is 22.7 Å². The van der Waals surface area contributed by atoms with Crippen molar-refractivity contribution in [3.63, 3.8) is 0 Å². The minimum absolute atomic E-state index is 0.0334. The monoisotopic (exact) mass is 447 g/mol. The van der Waals surface area contributed by atoms with Gasteiger partial charge in [-0.15, -0.1) is 0 Å². The third kappa shape index (κ3) is 7.33. The second-order valence-electron chi connectivity index (χ2n) is 5.54. The van der Waals surface area contributed by atoms with Crippen molar-refractivity contribution in [1.29, 1.82) is 0 Å². The summed E-state index contributed by atoms with van der Waals surface area (Å²) in [5.74, 6) is 0.932. The first-order chi connectivity index (χ1) is 10.8. The van der Waals surface area contributed by atoms with E-state index in [-0.39, 0.29) is 12.0 Å². The first-order valence-corrected chi connectivity index (χ1v) is 13.1. The average Bonchev–Trinajstić information content (AvgIpc) is 2.46. The second-order valence-corrected chi connectivity index (χ2v) is 11.3. The van der Waals surface area contributed by atoms with E-state index in [0.717, 1.165) is 36.3 Å². The summed E-state index contributed by atoms with van der Waals surface area (Å²) in [6.45, 7) is 6.89. The van der Waals surface area contributed by atoms with Crippen LogP contribution >= 0.6 is 19.4 Å². The fraction of sp³-hybridized carbons (Fsp3) is 0.471. The quantitative estimate of drug-likeness (QED) is 0.267. The van der Waals surface area contributed by atoms with Gasteiger partial charge >= 0.3 is 153 Å². The van der Waals surface area contributed by atoms with Gasteiger partial charge in [-0.1, -0.05) is 0 Å². The molecular weight excluding hydrogens is 422 g/mol. The number of carbonyl (C=O) groups excluding carboxylic acids is 1. The maximum absolute atomic E-state index is 12.0. The minimum atomic E-state index is -1.97. The third-order valence-corrected chi connectivity index (χ3v) is 5.16. The first kappa shape index (κ1) is 20.6. The number of rotatable bonds is 8. The molecule has 0 unspecified atom stereocenters. The van der Waals surface area contributed by atoms with Crippen molar-refractivity contribution >= 4 is 29.9 Å². The van der Waals surface area contributed by atoms with Gasteiger partial charge in [0.25, 0.3) is 0 Å². The Morgan fingerprint density at radius 2 is 2.13 bits per heavy atom. The van der Waals surface area contributed by atoms with Crippen molar-refractivity contribution in [2.24, 2.45) is 0 Å². The third-order valence-electron chi connectivity index (χ3n) is 3.33. The molecule has 0 aliphatic carbocycles. The summed E-state index contributed by atoms with van der Waals surface area (Å²) in [6.07, 6.45) is 2.59. The number of benzene rings is 1. The molecule has 0 aliphatic rings. The van der Waals surface area contributed by atoms with E-state index in [2.05, 4.69) is 23.7 Å². The summed E-state index contributed by atoms with van der Waals surface area (Å²) in [6, 6.07) is 5.86. The fourth-order valence-corrected chi connectivity index (χ4v) is 3.80. The molecule has 1 N–H and O–H groups in total. The topological polar surface area (TPSA) is 31.8 Å². The number of hydrogen-bond donors (Lipinski definition) is 1. The molecule has 1 amide bonds. The standard InChI is InChI=1S/C17H25NO2.2ClH.Ru/c1-6-7-10-18-17(19)12-15-8-9-16(14(4)11-15)20(5)13(2)3;;;/h4,8-9,11,13H,5-7,10,12H2,1-3H3,(H,18,19);2*1H;/q;;;+2/p-2. The number of carbonyl (C=O) groups is 1. The molecule has 6 heteroatoms. The molecule has 1 aromatic carbocycles. The molecule has 0 spiro atoms. The van der Waals surface area contributed by atoms with Crippen LogP contribution < -0.4 is 5.32 Å². The summed E-state index contributed by atoms with van der Waals surface area (Å²) < 4.78 is 4.69. The van der Waals surface area contributed by atoms with Gasteiger partial charge in [0.05, 0.1) is 0 Å². The second kappa shape index (κ2) is 10.4. The van der Waals surface area contributed by atoms with Crippen molar-refractivity contribution in [2.75, 3.05) is 6.54 Å². The van der Waals surface area contributed by atoms with Crippen LogP contribution in [0.4, 0.5) is 0 Å². The molecule has 0 saturated carbocycles. The van der Waals surface area contributed by atoms with E-state index in [1.807, 2.05) is 36.7 Å². The molecule has 0 heterocycles. The van der Waals surface area contributed by atoms with Gasteiger partial charge in [-0.3, -0.25) is 0 Å². The number of nitrogens with one attached hydrogen (secondary N) is 1. The van der Waals surface area contributed by atoms with Crippen LogP contribution in [0.15, 0.2) is 18.2 Å².